The zero-order valence-electron chi connectivity index (χ0n) is 10.7. The molecule has 0 atom stereocenters. The summed E-state index contributed by atoms with van der Waals surface area (Å²) in [6.45, 7) is 5.44. The summed E-state index contributed by atoms with van der Waals surface area (Å²) in [5, 5.41) is 10.4. The zero-order valence-corrected chi connectivity index (χ0v) is 11.5. The molecule has 0 bridgehead atoms. The van der Waals surface area contributed by atoms with Crippen LogP contribution in [0.15, 0.2) is 24.3 Å². The monoisotopic (exact) mass is 268 g/mol. The summed E-state index contributed by atoms with van der Waals surface area (Å²) in [5.41, 5.74) is 0.461. The Morgan fingerprint density at radius 1 is 1.44 bits per heavy atom. The maximum Gasteiger partial charge on any atom is 0.330 e. The predicted molar refractivity (Wildman–Crippen MR) is 72.4 cm³/mol. The quantitative estimate of drug-likeness (QED) is 0.674. The van der Waals surface area contributed by atoms with Crippen molar-refractivity contribution in [1.82, 2.24) is 0 Å². The second-order valence-corrected chi connectivity index (χ2v) is 4.85. The Labute approximate surface area is 112 Å². The number of carbonyl (C=O) groups excluding carboxylic acids is 1. The summed E-state index contributed by atoms with van der Waals surface area (Å²) >= 11 is 5.97. The smallest absolute Gasteiger partial charge is 0.330 e. The fourth-order valence-corrected chi connectivity index (χ4v) is 1.66. The van der Waals surface area contributed by atoms with E-state index < -0.39 is 11.6 Å². The second-order valence-electron chi connectivity index (χ2n) is 4.42. The number of carbonyl (C=O) groups is 1. The molecule has 1 aromatic rings. The second kappa shape index (κ2) is 6.03. The van der Waals surface area contributed by atoms with Crippen molar-refractivity contribution in [2.45, 2.75) is 26.4 Å². The van der Waals surface area contributed by atoms with Gasteiger partial charge in [0, 0.05) is 11.1 Å². The van der Waals surface area contributed by atoms with Crippen LogP contribution in [-0.2, 0) is 15.1 Å². The van der Waals surface area contributed by atoms with E-state index in [-0.39, 0.29) is 0 Å². The summed E-state index contributed by atoms with van der Waals surface area (Å²) < 4.78 is 4.78. The molecule has 1 rings (SSSR count). The van der Waals surface area contributed by atoms with E-state index in [1.165, 1.54) is 6.08 Å². The average molecular weight is 269 g/mol. The van der Waals surface area contributed by atoms with E-state index in [0.29, 0.717) is 17.2 Å². The highest BCUT2D eigenvalue weighted by Crippen LogP contribution is 2.25. The molecule has 98 valence electrons. The van der Waals surface area contributed by atoms with Gasteiger partial charge in [0.1, 0.15) is 0 Å². The topological polar surface area (TPSA) is 46.5 Å². The predicted octanol–water partition coefficient (Wildman–Crippen LogP) is 3.14. The van der Waals surface area contributed by atoms with Gasteiger partial charge >= 0.3 is 5.97 Å². The molecule has 0 radical (unpaired) electrons. The number of esters is 1. The van der Waals surface area contributed by atoms with Crippen molar-refractivity contribution >= 4 is 23.6 Å². The number of benzene rings is 1. The molecule has 0 saturated carbocycles. The Morgan fingerprint density at radius 3 is 2.67 bits per heavy atom. The molecule has 0 amide bonds. The third-order valence-electron chi connectivity index (χ3n) is 2.33. The number of hydrogen-bond donors (Lipinski definition) is 1. The number of aliphatic hydroxyl groups is 1. The van der Waals surface area contributed by atoms with Crippen molar-refractivity contribution in [3.63, 3.8) is 0 Å². The normalized spacial score (nSPS) is 11.8. The van der Waals surface area contributed by atoms with Crippen LogP contribution in [0.4, 0.5) is 0 Å². The number of ether oxygens (including phenoxy) is 1. The fourth-order valence-electron chi connectivity index (χ4n) is 1.42. The van der Waals surface area contributed by atoms with Gasteiger partial charge in [-0.05, 0) is 56.2 Å². The molecule has 0 aliphatic rings. The van der Waals surface area contributed by atoms with Crippen LogP contribution in [0.25, 0.3) is 6.08 Å². The SMILES string of the molecule is CCOC(=O)/C=C/c1cc(Cl)cc(C(C)(C)O)c1. The van der Waals surface area contributed by atoms with E-state index in [9.17, 15) is 9.90 Å². The first-order valence-corrected chi connectivity index (χ1v) is 6.09. The molecule has 0 aromatic heterocycles. The van der Waals surface area contributed by atoms with Crippen LogP contribution in [-0.4, -0.2) is 17.7 Å². The molecule has 18 heavy (non-hydrogen) atoms. The van der Waals surface area contributed by atoms with Crippen molar-refractivity contribution in [1.29, 1.82) is 0 Å². The van der Waals surface area contributed by atoms with Gasteiger partial charge in [0.15, 0.2) is 0 Å². The first-order valence-electron chi connectivity index (χ1n) is 5.71. The number of hydrogen-bond acceptors (Lipinski definition) is 3. The lowest BCUT2D eigenvalue weighted by Gasteiger charge is -2.18. The molecule has 0 saturated heterocycles. The molecule has 0 aliphatic heterocycles. The summed E-state index contributed by atoms with van der Waals surface area (Å²) in [5.74, 6) is -0.401. The molecule has 1 aromatic carbocycles. The van der Waals surface area contributed by atoms with E-state index in [4.69, 9.17) is 16.3 Å². The summed E-state index contributed by atoms with van der Waals surface area (Å²) in [6, 6.07) is 5.19. The van der Waals surface area contributed by atoms with Gasteiger partial charge in [-0.15, -0.1) is 0 Å². The Hall–Kier alpha value is -1.32. The third-order valence-corrected chi connectivity index (χ3v) is 2.54. The first-order chi connectivity index (χ1) is 8.32. The Balaban J connectivity index is 2.97. The lowest BCUT2D eigenvalue weighted by Crippen LogP contribution is -2.15. The van der Waals surface area contributed by atoms with E-state index in [2.05, 4.69) is 0 Å². The van der Waals surface area contributed by atoms with Gasteiger partial charge in [0.25, 0.3) is 0 Å². The van der Waals surface area contributed by atoms with Crippen LogP contribution < -0.4 is 0 Å². The third kappa shape index (κ3) is 4.51. The molecule has 0 fully saturated rings. The lowest BCUT2D eigenvalue weighted by molar-refractivity contribution is -0.137. The Kier molecular flexibility index (Phi) is 4.93. The van der Waals surface area contributed by atoms with Gasteiger partial charge in [0.05, 0.1) is 12.2 Å². The van der Waals surface area contributed by atoms with Crippen molar-refractivity contribution < 1.29 is 14.6 Å². The zero-order chi connectivity index (χ0) is 13.8. The highest BCUT2D eigenvalue weighted by Gasteiger charge is 2.16. The standard InChI is InChI=1S/C14H17ClO3/c1-4-18-13(16)6-5-10-7-11(14(2,3)17)9-12(15)8-10/h5-9,17H,4H2,1-3H3/b6-5+. The molecular weight excluding hydrogens is 252 g/mol. The van der Waals surface area contributed by atoms with Gasteiger partial charge in [-0.3, -0.25) is 0 Å². The van der Waals surface area contributed by atoms with Gasteiger partial charge in [-0.25, -0.2) is 4.79 Å². The molecule has 3 nitrogen and oxygen atoms in total. The molecular formula is C14H17ClO3. The largest absolute Gasteiger partial charge is 0.463 e. The fraction of sp³-hybridized carbons (Fsp3) is 0.357. The maximum absolute atomic E-state index is 11.2. The highest BCUT2D eigenvalue weighted by molar-refractivity contribution is 6.30. The molecule has 1 N–H and O–H groups in total. The van der Waals surface area contributed by atoms with Crippen molar-refractivity contribution in [2.75, 3.05) is 6.61 Å². The molecule has 0 heterocycles. The van der Waals surface area contributed by atoms with Crippen molar-refractivity contribution in [3.05, 3.63) is 40.4 Å². The van der Waals surface area contributed by atoms with E-state index in [1.54, 1.807) is 45.0 Å². The summed E-state index contributed by atoms with van der Waals surface area (Å²) in [6.07, 6.45) is 2.95. The average Bonchev–Trinajstić information content (AvgIpc) is 2.25. The van der Waals surface area contributed by atoms with Crippen molar-refractivity contribution in [3.8, 4) is 0 Å². The minimum atomic E-state index is -0.975. The van der Waals surface area contributed by atoms with Crippen LogP contribution in [0, 0.1) is 0 Å². The minimum absolute atomic E-state index is 0.341. The van der Waals surface area contributed by atoms with Gasteiger partial charge in [-0.2, -0.15) is 0 Å². The van der Waals surface area contributed by atoms with E-state index in [0.717, 1.165) is 5.56 Å². The minimum Gasteiger partial charge on any atom is -0.463 e. The van der Waals surface area contributed by atoms with Gasteiger partial charge in [0.2, 0.25) is 0 Å². The molecule has 0 unspecified atom stereocenters. The van der Waals surface area contributed by atoms with Crippen LogP contribution in [0.5, 0.6) is 0 Å². The Bertz CT molecular complexity index is 459. The van der Waals surface area contributed by atoms with E-state index >= 15 is 0 Å². The van der Waals surface area contributed by atoms with Gasteiger partial charge < -0.3 is 9.84 Å². The first kappa shape index (κ1) is 14.7. The van der Waals surface area contributed by atoms with Crippen molar-refractivity contribution in [2.24, 2.45) is 0 Å². The highest BCUT2D eigenvalue weighted by atomic mass is 35.5. The molecule has 0 spiro atoms. The summed E-state index contributed by atoms with van der Waals surface area (Å²) in [7, 11) is 0. The molecule has 4 heteroatoms. The maximum atomic E-state index is 11.2. The summed E-state index contributed by atoms with van der Waals surface area (Å²) in [4.78, 5) is 11.2. The van der Waals surface area contributed by atoms with Crippen LogP contribution in [0.2, 0.25) is 5.02 Å². The van der Waals surface area contributed by atoms with Crippen LogP contribution >= 0.6 is 11.6 Å². The number of rotatable bonds is 4. The van der Waals surface area contributed by atoms with Crippen LogP contribution in [0.3, 0.4) is 0 Å². The Morgan fingerprint density at radius 2 is 2.11 bits per heavy atom. The lowest BCUT2D eigenvalue weighted by atomic mass is 9.96. The van der Waals surface area contributed by atoms with E-state index in [1.807, 2.05) is 0 Å². The molecule has 0 aliphatic carbocycles. The van der Waals surface area contributed by atoms with Gasteiger partial charge in [-0.1, -0.05) is 11.6 Å². The number of halogens is 1. The van der Waals surface area contributed by atoms with Crippen LogP contribution in [0.1, 0.15) is 31.9 Å².